The van der Waals surface area contributed by atoms with Gasteiger partial charge in [0.2, 0.25) is 0 Å². The average Bonchev–Trinajstić information content (AvgIpc) is 2.39. The summed E-state index contributed by atoms with van der Waals surface area (Å²) < 4.78 is 0. The van der Waals surface area contributed by atoms with Crippen LogP contribution in [0.25, 0.3) is 0 Å². The molecule has 1 saturated heterocycles. The van der Waals surface area contributed by atoms with E-state index in [1.54, 1.807) is 0 Å². The van der Waals surface area contributed by atoms with Gasteiger partial charge in [-0.1, -0.05) is 12.1 Å². The van der Waals surface area contributed by atoms with Crippen molar-refractivity contribution in [2.45, 2.75) is 32.7 Å². The first-order valence-electron chi connectivity index (χ1n) is 7.23. The Hall–Kier alpha value is -1.06. The third-order valence-corrected chi connectivity index (χ3v) is 4.04. The van der Waals surface area contributed by atoms with Gasteiger partial charge in [-0.25, -0.2) is 0 Å². The number of piperidine rings is 1. The first-order chi connectivity index (χ1) is 9.08. The fourth-order valence-corrected chi connectivity index (χ4v) is 2.86. The highest BCUT2D eigenvalue weighted by Gasteiger charge is 2.17. The Labute approximate surface area is 116 Å². The highest BCUT2D eigenvalue weighted by molar-refractivity contribution is 5.45. The van der Waals surface area contributed by atoms with Crippen LogP contribution in [-0.4, -0.2) is 37.2 Å². The van der Waals surface area contributed by atoms with Crippen LogP contribution in [0.5, 0.6) is 5.75 Å². The molecule has 1 aromatic carbocycles. The van der Waals surface area contributed by atoms with E-state index in [9.17, 15) is 5.11 Å². The summed E-state index contributed by atoms with van der Waals surface area (Å²) in [6, 6.07) is 4.25. The van der Waals surface area contributed by atoms with Crippen LogP contribution in [0.1, 0.15) is 29.5 Å². The average molecular weight is 262 g/mol. The number of nitrogens with zero attached hydrogens (tertiary/aromatic N) is 1. The van der Waals surface area contributed by atoms with Crippen LogP contribution >= 0.6 is 0 Å². The topological polar surface area (TPSA) is 35.5 Å². The van der Waals surface area contributed by atoms with Gasteiger partial charge in [-0.2, -0.15) is 0 Å². The van der Waals surface area contributed by atoms with Gasteiger partial charge in [-0.15, -0.1) is 0 Å². The zero-order valence-corrected chi connectivity index (χ0v) is 12.4. The molecule has 0 aromatic heterocycles. The van der Waals surface area contributed by atoms with Gasteiger partial charge in [0.25, 0.3) is 0 Å². The van der Waals surface area contributed by atoms with Gasteiger partial charge in [-0.05, 0) is 70.4 Å². The molecule has 2 rings (SSSR count). The van der Waals surface area contributed by atoms with E-state index in [2.05, 4.69) is 29.3 Å². The van der Waals surface area contributed by atoms with Crippen LogP contribution < -0.4 is 5.32 Å². The van der Waals surface area contributed by atoms with Crippen molar-refractivity contribution in [3.63, 3.8) is 0 Å². The first kappa shape index (κ1) is 14.4. The lowest BCUT2D eigenvalue weighted by Crippen LogP contribution is -2.28. The normalized spacial score (nSPS) is 17.1. The lowest BCUT2D eigenvalue weighted by atomic mass is 9.89. The Morgan fingerprint density at radius 2 is 1.95 bits per heavy atom. The molecule has 1 aliphatic rings. The number of rotatable bonds is 4. The van der Waals surface area contributed by atoms with Crippen molar-refractivity contribution < 1.29 is 5.11 Å². The number of nitrogens with one attached hydrogen (secondary N) is 1. The largest absolute Gasteiger partial charge is 0.507 e. The van der Waals surface area contributed by atoms with E-state index >= 15 is 0 Å². The Morgan fingerprint density at radius 1 is 1.26 bits per heavy atom. The molecule has 3 nitrogen and oxygen atoms in total. The van der Waals surface area contributed by atoms with E-state index in [1.165, 1.54) is 18.4 Å². The third kappa shape index (κ3) is 3.71. The van der Waals surface area contributed by atoms with Crippen molar-refractivity contribution in [1.29, 1.82) is 0 Å². The molecule has 0 saturated carbocycles. The van der Waals surface area contributed by atoms with Gasteiger partial charge in [0.1, 0.15) is 5.75 Å². The van der Waals surface area contributed by atoms with Crippen molar-refractivity contribution in [1.82, 2.24) is 10.2 Å². The standard InChI is InChI=1S/C16H26N2O/c1-12-4-5-14(10-13-6-8-17-9-7-13)16(19)15(12)11-18(2)3/h4-5,13,17,19H,6-11H2,1-3H3. The maximum Gasteiger partial charge on any atom is 0.123 e. The van der Waals surface area contributed by atoms with Crippen LogP contribution in [0.2, 0.25) is 0 Å². The quantitative estimate of drug-likeness (QED) is 0.874. The molecule has 1 aromatic rings. The molecule has 19 heavy (non-hydrogen) atoms. The molecule has 0 unspecified atom stereocenters. The summed E-state index contributed by atoms with van der Waals surface area (Å²) in [6.07, 6.45) is 3.45. The minimum Gasteiger partial charge on any atom is -0.507 e. The highest BCUT2D eigenvalue weighted by Crippen LogP contribution is 2.30. The van der Waals surface area contributed by atoms with E-state index in [4.69, 9.17) is 0 Å². The number of benzene rings is 1. The summed E-state index contributed by atoms with van der Waals surface area (Å²) in [7, 11) is 4.08. The molecule has 2 N–H and O–H groups in total. The lowest BCUT2D eigenvalue weighted by molar-refractivity contribution is 0.360. The first-order valence-corrected chi connectivity index (χ1v) is 7.23. The Morgan fingerprint density at radius 3 is 2.58 bits per heavy atom. The molecule has 0 aliphatic carbocycles. The number of aryl methyl sites for hydroxylation is 1. The molecule has 106 valence electrons. The molecule has 0 spiro atoms. The Kier molecular flexibility index (Phi) is 4.83. The van der Waals surface area contributed by atoms with Gasteiger partial charge in [-0.3, -0.25) is 0 Å². The molecule has 0 bridgehead atoms. The van der Waals surface area contributed by atoms with E-state index < -0.39 is 0 Å². The SMILES string of the molecule is Cc1ccc(CC2CCNCC2)c(O)c1CN(C)C. The summed E-state index contributed by atoms with van der Waals surface area (Å²) in [6.45, 7) is 5.11. The van der Waals surface area contributed by atoms with Gasteiger partial charge in [0.15, 0.2) is 0 Å². The summed E-state index contributed by atoms with van der Waals surface area (Å²) in [5, 5.41) is 13.9. The second-order valence-electron chi connectivity index (χ2n) is 6.00. The molecular weight excluding hydrogens is 236 g/mol. The third-order valence-electron chi connectivity index (χ3n) is 4.04. The zero-order chi connectivity index (χ0) is 13.8. The van der Waals surface area contributed by atoms with E-state index in [-0.39, 0.29) is 0 Å². The van der Waals surface area contributed by atoms with Gasteiger partial charge in [0.05, 0.1) is 0 Å². The van der Waals surface area contributed by atoms with Crippen LogP contribution in [0.4, 0.5) is 0 Å². The van der Waals surface area contributed by atoms with Crippen molar-refractivity contribution in [3.8, 4) is 5.75 Å². The van der Waals surface area contributed by atoms with Gasteiger partial charge in [0, 0.05) is 12.1 Å². The van der Waals surface area contributed by atoms with Crippen LogP contribution in [-0.2, 0) is 13.0 Å². The minimum absolute atomic E-state index is 0.521. The zero-order valence-electron chi connectivity index (χ0n) is 12.4. The summed E-state index contributed by atoms with van der Waals surface area (Å²) in [5.41, 5.74) is 3.38. The van der Waals surface area contributed by atoms with E-state index in [0.29, 0.717) is 11.7 Å². The molecule has 0 atom stereocenters. The van der Waals surface area contributed by atoms with Crippen molar-refractivity contribution >= 4 is 0 Å². The monoisotopic (exact) mass is 262 g/mol. The predicted octanol–water partition coefficient (Wildman–Crippen LogP) is 2.30. The van der Waals surface area contributed by atoms with E-state index in [1.807, 2.05) is 14.1 Å². The molecular formula is C16H26N2O. The van der Waals surface area contributed by atoms with E-state index in [0.717, 1.165) is 37.2 Å². The van der Waals surface area contributed by atoms with Gasteiger partial charge >= 0.3 is 0 Å². The number of aromatic hydroxyl groups is 1. The smallest absolute Gasteiger partial charge is 0.123 e. The fraction of sp³-hybridized carbons (Fsp3) is 0.625. The van der Waals surface area contributed by atoms with Crippen molar-refractivity contribution in [2.75, 3.05) is 27.2 Å². The summed E-state index contributed by atoms with van der Waals surface area (Å²) in [4.78, 5) is 2.11. The van der Waals surface area contributed by atoms with Crippen LogP contribution in [0.15, 0.2) is 12.1 Å². The molecule has 1 aliphatic heterocycles. The molecule has 1 heterocycles. The number of phenols is 1. The van der Waals surface area contributed by atoms with Crippen LogP contribution in [0.3, 0.4) is 0 Å². The molecule has 0 amide bonds. The summed E-state index contributed by atoms with van der Waals surface area (Å²) >= 11 is 0. The highest BCUT2D eigenvalue weighted by atomic mass is 16.3. The number of hydrogen-bond donors (Lipinski definition) is 2. The number of hydrogen-bond acceptors (Lipinski definition) is 3. The Balaban J connectivity index is 2.16. The van der Waals surface area contributed by atoms with Crippen LogP contribution in [0, 0.1) is 12.8 Å². The fourth-order valence-electron chi connectivity index (χ4n) is 2.86. The predicted molar refractivity (Wildman–Crippen MR) is 79.5 cm³/mol. The second kappa shape index (κ2) is 6.40. The molecule has 0 radical (unpaired) electrons. The lowest BCUT2D eigenvalue weighted by Gasteiger charge is -2.24. The Bertz CT molecular complexity index is 423. The maximum atomic E-state index is 10.5. The molecule has 1 fully saturated rings. The van der Waals surface area contributed by atoms with Gasteiger partial charge < -0.3 is 15.3 Å². The van der Waals surface area contributed by atoms with Crippen molar-refractivity contribution in [2.24, 2.45) is 5.92 Å². The number of phenolic OH excluding ortho intramolecular Hbond substituents is 1. The minimum atomic E-state index is 0.521. The molecule has 3 heteroatoms. The second-order valence-corrected chi connectivity index (χ2v) is 6.00. The van der Waals surface area contributed by atoms with Crippen molar-refractivity contribution in [3.05, 3.63) is 28.8 Å². The summed E-state index contributed by atoms with van der Waals surface area (Å²) in [5.74, 6) is 1.23. The maximum absolute atomic E-state index is 10.5.